The van der Waals surface area contributed by atoms with Gasteiger partial charge in [-0.1, -0.05) is 215 Å². The summed E-state index contributed by atoms with van der Waals surface area (Å²) in [5, 5.41) is 24.3. The number of nitrogens with two attached hydrogens (primary N) is 1. The molecule has 0 heterocycles. The Morgan fingerprint density at radius 1 is 0.298 bits per heavy atom. The number of ether oxygens (including phenoxy) is 5. The monoisotopic (exact) mass is 1770 g/mol. The standard InChI is InChI=1S/C25H35NO.2C24H33NO.C23H32N2O.C23H31NO2/c1-19-11-13-22(14-12-19)18-26(4)17-21(3)23-8-6-10-25(16-23)27-24-9-5-7-20(2)15-24;2*1-18-10-12-21(13-11-18)17-25-16-20(3)22-7-5-9-24(15-22)26-23-8-4-6-19(2)14-23;1-17-6-3-10-22(12-17)26-23-11-5-8-20(14-23)18(2)15-25-16-19-7-4-9-21(24)13-19;1-17-7-5-10-21(13-17)26-22-11-6-9-19(14-22)18(2)15-24-16-20-8-3-4-12-23(20)25/h5,7,9,11-15,21,23,25H,6,8,10,16-18H2,1-4H3;2*4,6,8,10-14,20,22,24-25H,5,7,9,15-17H2,1-3H3;3-4,6-7,9-10,12-13,18,20,23,25H,5,8,11,14-16,24H2,1-2H3;3-5,7-8,10,12-13,18-19,22,24-25H,6,9,11,14-16H2,1-2H3/t21?,23?,25-;2*20?,22?,24-;18?,20?,23-;18?,19?,22-/m11111/s1. The number of phenolic OH excluding ortho intramolecular Hbond substituents is 1. The summed E-state index contributed by atoms with van der Waals surface area (Å²) in [5.74, 6) is 12.5. The van der Waals surface area contributed by atoms with Crippen LogP contribution < -0.4 is 50.7 Å². The second-order valence-electron chi connectivity index (χ2n) is 40.4. The van der Waals surface area contributed by atoms with Crippen LogP contribution in [0.4, 0.5) is 5.69 Å². The lowest BCUT2D eigenvalue weighted by Crippen LogP contribution is -2.33. The quantitative estimate of drug-likeness (QED) is 0.0211. The van der Waals surface area contributed by atoms with E-state index in [9.17, 15) is 5.11 Å². The summed E-state index contributed by atoms with van der Waals surface area (Å²) < 4.78 is 31.4. The second-order valence-corrected chi connectivity index (χ2v) is 40.4. The summed E-state index contributed by atoms with van der Waals surface area (Å²) >= 11 is 0. The zero-order valence-corrected chi connectivity index (χ0v) is 82.5. The van der Waals surface area contributed by atoms with Crippen molar-refractivity contribution in [1.82, 2.24) is 26.2 Å². The normalized spacial score (nSPS) is 21.3. The number of para-hydroxylation sites is 1. The lowest BCUT2D eigenvalue weighted by atomic mass is 9.79. The molecule has 10 unspecified atom stereocenters. The van der Waals surface area contributed by atoms with E-state index >= 15 is 0 Å². The minimum Gasteiger partial charge on any atom is -0.508 e. The van der Waals surface area contributed by atoms with Gasteiger partial charge in [0.05, 0.1) is 30.5 Å². The van der Waals surface area contributed by atoms with Crippen molar-refractivity contribution < 1.29 is 28.8 Å². The number of anilines is 1. The fourth-order valence-electron chi connectivity index (χ4n) is 20.3. The number of aryl methyl sites for hydroxylation is 8. The molecule has 5 aliphatic rings. The average Bonchev–Trinajstić information content (AvgIpc) is 0.866. The van der Waals surface area contributed by atoms with Crippen LogP contribution in [0.2, 0.25) is 0 Å². The van der Waals surface area contributed by atoms with Gasteiger partial charge in [-0.3, -0.25) is 0 Å². The lowest BCUT2D eigenvalue weighted by Gasteiger charge is -2.35. The summed E-state index contributed by atoms with van der Waals surface area (Å²) in [6.45, 7) is 38.8. The van der Waals surface area contributed by atoms with Crippen molar-refractivity contribution in [3.63, 3.8) is 0 Å². The minimum absolute atomic E-state index is 0.330. The van der Waals surface area contributed by atoms with Crippen LogP contribution in [0.3, 0.4) is 0 Å². The number of nitrogens with zero attached hydrogens (tertiary/aromatic N) is 1. The molecular weight excluding hydrogens is 1610 g/mol. The molecule has 0 radical (unpaired) electrons. The maximum Gasteiger partial charge on any atom is 0.120 e. The van der Waals surface area contributed by atoms with Crippen molar-refractivity contribution in [2.24, 2.45) is 59.2 Å². The van der Waals surface area contributed by atoms with E-state index in [1.807, 2.05) is 36.4 Å². The van der Waals surface area contributed by atoms with Crippen LogP contribution in [0.25, 0.3) is 0 Å². The molecule has 10 aromatic rings. The van der Waals surface area contributed by atoms with Crippen LogP contribution in [-0.2, 0) is 32.7 Å². The molecule has 12 heteroatoms. The Balaban J connectivity index is 0.000000158. The Bertz CT molecular complexity index is 4760. The number of nitrogen functional groups attached to an aromatic ring is 1. The lowest BCUT2D eigenvalue weighted by molar-refractivity contribution is 0.0913. The van der Waals surface area contributed by atoms with Gasteiger partial charge < -0.3 is 60.7 Å². The van der Waals surface area contributed by atoms with E-state index in [0.29, 0.717) is 78.3 Å². The summed E-state index contributed by atoms with van der Waals surface area (Å²) in [7, 11) is 2.25. The van der Waals surface area contributed by atoms with Crippen molar-refractivity contribution in [2.75, 3.05) is 45.5 Å². The van der Waals surface area contributed by atoms with Gasteiger partial charge in [0.2, 0.25) is 0 Å². The Morgan fingerprint density at radius 3 is 0.885 bits per heavy atom. The van der Waals surface area contributed by atoms with E-state index in [4.69, 9.17) is 29.4 Å². The average molecular weight is 1770 g/mol. The molecule has 0 bridgehead atoms. The van der Waals surface area contributed by atoms with E-state index in [0.717, 1.165) is 142 Å². The number of hydrogen-bond donors (Lipinski definition) is 6. The van der Waals surface area contributed by atoms with E-state index in [1.54, 1.807) is 6.07 Å². The highest BCUT2D eigenvalue weighted by Gasteiger charge is 2.33. The maximum absolute atomic E-state index is 9.86. The highest BCUT2D eigenvalue weighted by Crippen LogP contribution is 2.39. The van der Waals surface area contributed by atoms with Gasteiger partial charge in [-0.25, -0.2) is 0 Å². The molecule has 0 saturated heterocycles. The smallest absolute Gasteiger partial charge is 0.120 e. The highest BCUT2D eigenvalue weighted by atomic mass is 16.5. The summed E-state index contributed by atoms with van der Waals surface area (Å²) in [4.78, 5) is 2.47. The van der Waals surface area contributed by atoms with Crippen molar-refractivity contribution in [3.05, 3.63) is 315 Å². The molecule has 0 spiro atoms. The minimum atomic E-state index is 0.330. The van der Waals surface area contributed by atoms with Crippen molar-refractivity contribution in [1.29, 1.82) is 0 Å². The fourth-order valence-corrected chi connectivity index (χ4v) is 20.3. The van der Waals surface area contributed by atoms with Gasteiger partial charge >= 0.3 is 0 Å². The molecule has 12 nitrogen and oxygen atoms in total. The molecule has 5 aliphatic carbocycles. The number of rotatable bonds is 35. The van der Waals surface area contributed by atoms with Gasteiger partial charge in [-0.2, -0.15) is 0 Å². The predicted octanol–water partition coefficient (Wildman–Crippen LogP) is 27.3. The van der Waals surface area contributed by atoms with E-state index in [-0.39, 0.29) is 0 Å². The van der Waals surface area contributed by atoms with Gasteiger partial charge in [0.25, 0.3) is 0 Å². The van der Waals surface area contributed by atoms with E-state index in [1.165, 1.54) is 176 Å². The van der Waals surface area contributed by atoms with Crippen LogP contribution in [0.5, 0.6) is 34.5 Å². The number of aromatic hydroxyl groups is 1. The highest BCUT2D eigenvalue weighted by molar-refractivity contribution is 5.41. The largest absolute Gasteiger partial charge is 0.508 e. The Kier molecular flexibility index (Phi) is 42.6. The van der Waals surface area contributed by atoms with Crippen molar-refractivity contribution >= 4 is 5.69 Å². The molecule has 5 saturated carbocycles. The second kappa shape index (κ2) is 54.7. The van der Waals surface area contributed by atoms with Gasteiger partial charge in [-0.05, 0) is 405 Å². The van der Waals surface area contributed by atoms with Gasteiger partial charge in [0, 0.05) is 50.5 Å². The third kappa shape index (κ3) is 37.2. The number of benzene rings is 10. The molecule has 0 amide bonds. The van der Waals surface area contributed by atoms with Crippen molar-refractivity contribution in [3.8, 4) is 34.5 Å². The zero-order chi connectivity index (χ0) is 92.6. The summed E-state index contributed by atoms with van der Waals surface area (Å²) in [6.07, 6.45) is 26.5. The topological polar surface area (TPSA) is 144 Å². The molecule has 10 aromatic carbocycles. The molecule has 15 atom stereocenters. The molecule has 706 valence electrons. The molecular formula is C119H164N6O6. The number of phenols is 1. The van der Waals surface area contributed by atoms with Crippen LogP contribution in [0, 0.1) is 115 Å². The fraction of sp³-hybridized carbons (Fsp3) is 0.496. The van der Waals surface area contributed by atoms with Crippen LogP contribution in [0.15, 0.2) is 243 Å². The Labute approximate surface area is 791 Å². The summed E-state index contributed by atoms with van der Waals surface area (Å²) in [5.41, 5.74) is 23.3. The first-order valence-corrected chi connectivity index (χ1v) is 50.4. The maximum atomic E-state index is 9.86. The predicted molar refractivity (Wildman–Crippen MR) is 549 cm³/mol. The third-order valence-corrected chi connectivity index (χ3v) is 28.3. The first-order chi connectivity index (χ1) is 63.4. The van der Waals surface area contributed by atoms with Gasteiger partial charge in [0.15, 0.2) is 0 Å². The third-order valence-electron chi connectivity index (χ3n) is 28.3. The number of nitrogens with one attached hydrogen (secondary N) is 4. The number of hydrogen-bond acceptors (Lipinski definition) is 12. The van der Waals surface area contributed by atoms with E-state index in [2.05, 4.69) is 323 Å². The molecule has 131 heavy (non-hydrogen) atoms. The molecule has 0 aliphatic heterocycles. The van der Waals surface area contributed by atoms with Crippen LogP contribution in [-0.4, -0.2) is 80.3 Å². The van der Waals surface area contributed by atoms with Gasteiger partial charge in [0.1, 0.15) is 34.5 Å². The van der Waals surface area contributed by atoms with Gasteiger partial charge in [-0.15, -0.1) is 0 Å². The SMILES string of the molecule is Cc1ccc(CN(C)CC(C)C2CCC[C@@H](Oc3cccc(C)c3)C2)cc1.Cc1ccc(CNCC(C)C2CCC[C@@H](Oc3cccc(C)c3)C2)cc1.Cc1ccc(CNCC(C)C2CCC[C@@H](Oc3cccc(C)c3)C2)cc1.Cc1cccc(O[C@@H]2CCCC(C(C)CNCc3cccc(N)c3)C2)c1.Cc1cccc(O[C@@H]2CCCC(C(C)CNCc3ccccc3O)C2)c1. The van der Waals surface area contributed by atoms with Crippen LogP contribution in [0.1, 0.15) is 235 Å². The Morgan fingerprint density at radius 2 is 0.580 bits per heavy atom. The molecule has 0 aromatic heterocycles. The Hall–Kier alpha value is -9.40. The molecule has 15 rings (SSSR count). The zero-order valence-electron chi connectivity index (χ0n) is 82.5. The van der Waals surface area contributed by atoms with E-state index < -0.39 is 0 Å². The molecule has 7 N–H and O–H groups in total. The first kappa shape index (κ1) is 102. The van der Waals surface area contributed by atoms with Crippen LogP contribution >= 0.6 is 0 Å². The molecule has 5 fully saturated rings. The first-order valence-electron chi connectivity index (χ1n) is 50.4. The summed E-state index contributed by atoms with van der Waals surface area (Å²) in [6, 6.07) is 84.4. The van der Waals surface area contributed by atoms with Crippen molar-refractivity contribution in [2.45, 2.75) is 282 Å².